The third-order valence-electron chi connectivity index (χ3n) is 9.05. The molecule has 3 aromatic heterocycles. The number of hydrogen-bond donors (Lipinski definition) is 0. The van der Waals surface area contributed by atoms with Gasteiger partial charge in [0.05, 0.1) is 16.6 Å². The highest BCUT2D eigenvalue weighted by molar-refractivity contribution is 6.28. The Bertz CT molecular complexity index is 2720. The van der Waals surface area contributed by atoms with Crippen LogP contribution >= 0.6 is 0 Å². The highest BCUT2D eigenvalue weighted by atomic mass is 16.3. The molecular weight excluding hydrogens is 564 g/mol. The van der Waals surface area contributed by atoms with E-state index in [0.29, 0.717) is 17.6 Å². The summed E-state index contributed by atoms with van der Waals surface area (Å²) < 4.78 is 8.64. The molecule has 0 saturated carbocycles. The van der Waals surface area contributed by atoms with E-state index < -0.39 is 0 Å². The zero-order chi connectivity index (χ0) is 30.2. The molecule has 0 amide bonds. The summed E-state index contributed by atoms with van der Waals surface area (Å²) >= 11 is 0. The van der Waals surface area contributed by atoms with Gasteiger partial charge in [0, 0.05) is 27.1 Å². The SMILES string of the molecule is c1ccc(-c2nc(-c3cccc4c3oc3ccccc34)nc(-n3c4ccc5ccccc5c4c4c5ccccc5ccc43)n2)cc1. The van der Waals surface area contributed by atoms with Crippen molar-refractivity contribution in [2.24, 2.45) is 0 Å². The van der Waals surface area contributed by atoms with E-state index in [-0.39, 0.29) is 0 Å². The first-order chi connectivity index (χ1) is 22.8. The van der Waals surface area contributed by atoms with Crippen LogP contribution in [0, 0.1) is 0 Å². The van der Waals surface area contributed by atoms with E-state index in [0.717, 1.165) is 44.1 Å². The van der Waals surface area contributed by atoms with Crippen LogP contribution < -0.4 is 0 Å². The van der Waals surface area contributed by atoms with Gasteiger partial charge in [-0.1, -0.05) is 121 Å². The van der Waals surface area contributed by atoms with Gasteiger partial charge in [0.15, 0.2) is 11.6 Å². The topological polar surface area (TPSA) is 56.7 Å². The average molecular weight is 589 g/mol. The highest BCUT2D eigenvalue weighted by Crippen LogP contribution is 2.41. The molecule has 3 heterocycles. The van der Waals surface area contributed by atoms with Gasteiger partial charge in [-0.3, -0.25) is 4.57 Å². The molecule has 0 radical (unpaired) electrons. The number of fused-ring (bicyclic) bond motifs is 10. The minimum absolute atomic E-state index is 0.558. The molecule has 0 N–H and O–H groups in total. The van der Waals surface area contributed by atoms with Gasteiger partial charge in [-0.15, -0.1) is 0 Å². The van der Waals surface area contributed by atoms with Gasteiger partial charge in [-0.05, 0) is 45.8 Å². The van der Waals surface area contributed by atoms with Crippen molar-refractivity contribution in [3.8, 4) is 28.7 Å². The molecule has 0 aliphatic heterocycles. The van der Waals surface area contributed by atoms with E-state index in [2.05, 4.69) is 89.5 Å². The lowest BCUT2D eigenvalue weighted by Crippen LogP contribution is -2.06. The molecule has 0 bridgehead atoms. The summed E-state index contributed by atoms with van der Waals surface area (Å²) in [7, 11) is 0. The molecule has 0 spiro atoms. The molecule has 214 valence electrons. The van der Waals surface area contributed by atoms with Gasteiger partial charge in [0.1, 0.15) is 11.2 Å². The van der Waals surface area contributed by atoms with Crippen molar-refractivity contribution in [3.63, 3.8) is 0 Å². The Kier molecular flexibility index (Phi) is 5.22. The zero-order valence-corrected chi connectivity index (χ0v) is 24.6. The molecule has 10 aromatic rings. The molecule has 0 fully saturated rings. The predicted molar refractivity (Wildman–Crippen MR) is 187 cm³/mol. The van der Waals surface area contributed by atoms with Crippen LogP contribution in [-0.2, 0) is 0 Å². The first kappa shape index (κ1) is 25.0. The van der Waals surface area contributed by atoms with Crippen LogP contribution in [0.4, 0.5) is 0 Å². The smallest absolute Gasteiger partial charge is 0.238 e. The maximum absolute atomic E-state index is 6.44. The lowest BCUT2D eigenvalue weighted by molar-refractivity contribution is 0.669. The molecular formula is C41H24N4O. The Morgan fingerprint density at radius 3 is 1.74 bits per heavy atom. The monoisotopic (exact) mass is 588 g/mol. The highest BCUT2D eigenvalue weighted by Gasteiger charge is 2.22. The third kappa shape index (κ3) is 3.60. The number of para-hydroxylation sites is 2. The summed E-state index contributed by atoms with van der Waals surface area (Å²) in [6, 6.07) is 50.3. The minimum atomic E-state index is 0.558. The second-order valence-electron chi connectivity index (χ2n) is 11.6. The second kappa shape index (κ2) is 9.58. The van der Waals surface area contributed by atoms with Crippen LogP contribution in [0.25, 0.3) is 94.0 Å². The largest absolute Gasteiger partial charge is 0.455 e. The Morgan fingerprint density at radius 2 is 1.02 bits per heavy atom. The maximum atomic E-state index is 6.44. The Hall–Kier alpha value is -6.33. The predicted octanol–water partition coefficient (Wildman–Crippen LogP) is 10.5. The average Bonchev–Trinajstić information content (AvgIpc) is 3.68. The number of furan rings is 1. The number of benzene rings is 7. The summed E-state index contributed by atoms with van der Waals surface area (Å²) in [4.78, 5) is 15.5. The van der Waals surface area contributed by atoms with E-state index in [1.54, 1.807) is 0 Å². The van der Waals surface area contributed by atoms with Crippen molar-refractivity contribution in [2.45, 2.75) is 0 Å². The van der Waals surface area contributed by atoms with Crippen molar-refractivity contribution in [1.29, 1.82) is 0 Å². The first-order valence-corrected chi connectivity index (χ1v) is 15.4. The fourth-order valence-electron chi connectivity index (χ4n) is 6.99. The fourth-order valence-corrected chi connectivity index (χ4v) is 6.99. The summed E-state index contributed by atoms with van der Waals surface area (Å²) in [6.45, 7) is 0. The van der Waals surface area contributed by atoms with E-state index in [4.69, 9.17) is 19.4 Å². The first-order valence-electron chi connectivity index (χ1n) is 15.4. The van der Waals surface area contributed by atoms with Crippen LogP contribution in [0.15, 0.2) is 150 Å². The van der Waals surface area contributed by atoms with Crippen LogP contribution in [0.2, 0.25) is 0 Å². The molecule has 0 atom stereocenters. The summed E-state index contributed by atoms with van der Waals surface area (Å²) in [5.41, 5.74) is 5.43. The van der Waals surface area contributed by atoms with E-state index in [1.165, 1.54) is 32.3 Å². The lowest BCUT2D eigenvalue weighted by Gasteiger charge is -2.11. The summed E-state index contributed by atoms with van der Waals surface area (Å²) in [5, 5.41) is 9.26. The van der Waals surface area contributed by atoms with Gasteiger partial charge in [0.2, 0.25) is 5.95 Å². The molecule has 7 aromatic carbocycles. The molecule has 10 rings (SSSR count). The Morgan fingerprint density at radius 1 is 0.435 bits per heavy atom. The number of aromatic nitrogens is 4. The normalized spacial score (nSPS) is 11.9. The van der Waals surface area contributed by atoms with Crippen LogP contribution in [0.1, 0.15) is 0 Å². The van der Waals surface area contributed by atoms with Crippen molar-refractivity contribution < 1.29 is 4.42 Å². The molecule has 0 aliphatic rings. The van der Waals surface area contributed by atoms with Crippen molar-refractivity contribution in [1.82, 2.24) is 19.5 Å². The molecule has 5 heteroatoms. The van der Waals surface area contributed by atoms with E-state index in [1.807, 2.05) is 60.7 Å². The van der Waals surface area contributed by atoms with Crippen molar-refractivity contribution in [2.75, 3.05) is 0 Å². The molecule has 46 heavy (non-hydrogen) atoms. The van der Waals surface area contributed by atoms with Crippen LogP contribution in [-0.4, -0.2) is 19.5 Å². The summed E-state index contributed by atoms with van der Waals surface area (Å²) in [5.74, 6) is 1.72. The second-order valence-corrected chi connectivity index (χ2v) is 11.6. The van der Waals surface area contributed by atoms with E-state index >= 15 is 0 Å². The summed E-state index contributed by atoms with van der Waals surface area (Å²) in [6.07, 6.45) is 0. The Labute approximate surface area is 263 Å². The molecule has 5 nitrogen and oxygen atoms in total. The van der Waals surface area contributed by atoms with Crippen LogP contribution in [0.5, 0.6) is 0 Å². The van der Waals surface area contributed by atoms with Gasteiger partial charge in [0.25, 0.3) is 0 Å². The third-order valence-corrected chi connectivity index (χ3v) is 9.05. The van der Waals surface area contributed by atoms with Crippen molar-refractivity contribution >= 4 is 65.3 Å². The number of rotatable bonds is 3. The van der Waals surface area contributed by atoms with Crippen LogP contribution in [0.3, 0.4) is 0 Å². The lowest BCUT2D eigenvalue weighted by atomic mass is 10.00. The van der Waals surface area contributed by atoms with E-state index in [9.17, 15) is 0 Å². The zero-order valence-electron chi connectivity index (χ0n) is 24.6. The van der Waals surface area contributed by atoms with Gasteiger partial charge >= 0.3 is 0 Å². The quantitative estimate of drug-likeness (QED) is 0.206. The van der Waals surface area contributed by atoms with Gasteiger partial charge < -0.3 is 4.42 Å². The standard InChI is InChI=1S/C41H24N4O/c1-2-13-27(14-3-1)39-42-40(32-19-10-18-31-30-17-8-9-20-35(30)46-38(31)32)44-41(43-39)45-33-23-21-25-11-4-6-15-28(25)36(33)37-29-16-7-5-12-26(29)22-24-34(37)45/h1-24H. The Balaban J connectivity index is 1.35. The fraction of sp³-hybridized carbons (Fsp3) is 0. The molecule has 0 saturated heterocycles. The van der Waals surface area contributed by atoms with Gasteiger partial charge in [-0.2, -0.15) is 9.97 Å². The minimum Gasteiger partial charge on any atom is -0.455 e. The molecule has 0 unspecified atom stereocenters. The number of hydrogen-bond acceptors (Lipinski definition) is 4. The maximum Gasteiger partial charge on any atom is 0.238 e. The number of nitrogens with zero attached hydrogens (tertiary/aromatic N) is 4. The van der Waals surface area contributed by atoms with Crippen molar-refractivity contribution in [3.05, 3.63) is 146 Å². The van der Waals surface area contributed by atoms with Gasteiger partial charge in [-0.25, -0.2) is 4.98 Å². The molecule has 0 aliphatic carbocycles.